The maximum absolute atomic E-state index is 13.7. The number of amides is 1. The molecule has 0 aliphatic heterocycles. The van der Waals surface area contributed by atoms with E-state index in [9.17, 15) is 34.8 Å². The van der Waals surface area contributed by atoms with Crippen LogP contribution in [0.5, 0.6) is 5.75 Å². The molecule has 0 spiro atoms. The number of carbonyl (C=O) groups excluding carboxylic acids is 3. The number of fused-ring (bicyclic) bond motifs is 3. The van der Waals surface area contributed by atoms with Crippen molar-refractivity contribution < 1.29 is 34.8 Å². The van der Waals surface area contributed by atoms with E-state index in [4.69, 9.17) is 11.5 Å². The van der Waals surface area contributed by atoms with Gasteiger partial charge in [0.15, 0.2) is 17.3 Å². The molecule has 0 heterocycles. The molecule has 9 N–H and O–H groups in total. The van der Waals surface area contributed by atoms with Gasteiger partial charge >= 0.3 is 0 Å². The van der Waals surface area contributed by atoms with E-state index in [1.54, 1.807) is 6.07 Å². The molecule has 38 heavy (non-hydrogen) atoms. The number of aliphatic imine (C=N–C) groups is 1. The third-order valence-electron chi connectivity index (χ3n) is 7.61. The fraction of sp³-hybridized carbons (Fsp3) is 0.481. The fourth-order valence-corrected chi connectivity index (χ4v) is 5.79. The standard InChI is InChI=1S/C27H34N4O7/c1-10(2)9-30-26(29)31-16-8-14(11(3)4)15-6-12-5-13-7-17(32)20(25(28)37)24(36)27(13,38)23(35)18(12)22(34)19(15)21(16)33/h8,10-13,33-34,36,38H,5-7,9H2,1-4H3,(H2,28,37)(H3,29,30,31)/t12-,13+,27+/m1/s1. The first-order valence-electron chi connectivity index (χ1n) is 12.6. The topological polar surface area (TPSA) is 209 Å². The quantitative estimate of drug-likeness (QED) is 0.129. The van der Waals surface area contributed by atoms with Gasteiger partial charge in [0.05, 0.1) is 11.3 Å². The number of aliphatic hydroxyl groups excluding tert-OH is 2. The number of nitrogens with zero attached hydrogens (tertiary/aromatic N) is 1. The van der Waals surface area contributed by atoms with Crippen LogP contribution in [0.15, 0.2) is 28.0 Å². The van der Waals surface area contributed by atoms with Crippen molar-refractivity contribution >= 4 is 34.9 Å². The number of aromatic hydroxyl groups is 1. The number of hydrogen-bond donors (Lipinski definition) is 7. The number of anilines is 1. The molecule has 1 saturated carbocycles. The number of Topliss-reactive ketones (excluding diaryl/α,β-unsaturated/α-hetero) is 2. The second kappa shape index (κ2) is 9.46. The summed E-state index contributed by atoms with van der Waals surface area (Å²) in [4.78, 5) is 42.3. The van der Waals surface area contributed by atoms with Crippen molar-refractivity contribution in [1.82, 2.24) is 0 Å². The molecule has 11 nitrogen and oxygen atoms in total. The number of rotatable bonds is 5. The van der Waals surface area contributed by atoms with Gasteiger partial charge in [0.1, 0.15) is 22.8 Å². The van der Waals surface area contributed by atoms with E-state index < -0.39 is 52.0 Å². The molecule has 0 saturated heterocycles. The summed E-state index contributed by atoms with van der Waals surface area (Å²) in [5, 5.41) is 47.6. The Morgan fingerprint density at radius 1 is 1.16 bits per heavy atom. The predicted octanol–water partition coefficient (Wildman–Crippen LogP) is 1.93. The van der Waals surface area contributed by atoms with Crippen molar-refractivity contribution in [3.8, 4) is 5.75 Å². The second-order valence-corrected chi connectivity index (χ2v) is 11.0. The Bertz CT molecular complexity index is 1340. The Balaban J connectivity index is 1.89. The van der Waals surface area contributed by atoms with Crippen LogP contribution in [-0.2, 0) is 20.8 Å². The summed E-state index contributed by atoms with van der Waals surface area (Å²) >= 11 is 0. The number of primary amides is 1. The molecule has 204 valence electrons. The lowest BCUT2D eigenvalue weighted by molar-refractivity contribution is -0.147. The normalized spacial score (nSPS) is 25.5. The zero-order valence-electron chi connectivity index (χ0n) is 21.8. The second-order valence-electron chi connectivity index (χ2n) is 11.0. The zero-order valence-corrected chi connectivity index (χ0v) is 21.8. The maximum Gasteiger partial charge on any atom is 0.255 e. The van der Waals surface area contributed by atoms with Gasteiger partial charge < -0.3 is 37.2 Å². The van der Waals surface area contributed by atoms with Crippen LogP contribution in [0.2, 0.25) is 0 Å². The number of carbonyl (C=O) groups is 3. The van der Waals surface area contributed by atoms with Gasteiger partial charge in [0.2, 0.25) is 5.78 Å². The number of phenolic OH excluding ortho intramolecular Hbond substituents is 1. The minimum Gasteiger partial charge on any atom is -0.508 e. The summed E-state index contributed by atoms with van der Waals surface area (Å²) in [5.41, 5.74) is 9.26. The highest BCUT2D eigenvalue weighted by atomic mass is 16.3. The lowest BCUT2D eigenvalue weighted by Crippen LogP contribution is -2.58. The fourth-order valence-electron chi connectivity index (χ4n) is 5.79. The Morgan fingerprint density at radius 3 is 2.39 bits per heavy atom. The van der Waals surface area contributed by atoms with Crippen LogP contribution in [-0.4, -0.2) is 56.0 Å². The minimum atomic E-state index is -2.60. The molecule has 0 unspecified atom stereocenters. The number of nitrogens with one attached hydrogen (secondary N) is 1. The van der Waals surface area contributed by atoms with Crippen molar-refractivity contribution in [2.75, 3.05) is 11.9 Å². The molecule has 0 bridgehead atoms. The smallest absolute Gasteiger partial charge is 0.255 e. The summed E-state index contributed by atoms with van der Waals surface area (Å²) in [6.07, 6.45) is -0.0369. The van der Waals surface area contributed by atoms with E-state index in [2.05, 4.69) is 10.3 Å². The van der Waals surface area contributed by atoms with Crippen LogP contribution >= 0.6 is 0 Å². The van der Waals surface area contributed by atoms with Gasteiger partial charge in [-0.15, -0.1) is 0 Å². The summed E-state index contributed by atoms with van der Waals surface area (Å²) < 4.78 is 0. The SMILES string of the molecule is CC(C)CN=C(N)Nc1cc(C(C)C)c2c(c1O)C(O)=C1C(=O)[C@]3(O)C(O)=C(C(N)=O)C(=O)C[C@@H]3C[C@@H]1C2. The van der Waals surface area contributed by atoms with E-state index in [1.165, 1.54) is 0 Å². The highest BCUT2D eigenvalue weighted by molar-refractivity contribution is 6.22. The molecular weight excluding hydrogens is 492 g/mol. The first kappa shape index (κ1) is 27.2. The molecule has 0 aromatic heterocycles. The van der Waals surface area contributed by atoms with Crippen LogP contribution in [0, 0.1) is 17.8 Å². The van der Waals surface area contributed by atoms with Crippen LogP contribution < -0.4 is 16.8 Å². The Kier molecular flexibility index (Phi) is 6.77. The molecule has 3 aliphatic rings. The van der Waals surface area contributed by atoms with Crippen molar-refractivity contribution in [3.05, 3.63) is 39.7 Å². The van der Waals surface area contributed by atoms with Gasteiger partial charge in [0, 0.05) is 24.5 Å². The molecule has 1 amide bonds. The van der Waals surface area contributed by atoms with Crippen LogP contribution in [0.3, 0.4) is 0 Å². The third kappa shape index (κ3) is 4.10. The van der Waals surface area contributed by atoms with Gasteiger partial charge in [0.25, 0.3) is 5.91 Å². The number of hydrogen-bond acceptors (Lipinski definition) is 8. The van der Waals surface area contributed by atoms with Gasteiger partial charge in [-0.3, -0.25) is 19.4 Å². The van der Waals surface area contributed by atoms with Crippen LogP contribution in [0.1, 0.15) is 63.1 Å². The van der Waals surface area contributed by atoms with Gasteiger partial charge in [-0.05, 0) is 47.8 Å². The maximum atomic E-state index is 13.7. The number of aliphatic hydroxyl groups is 3. The molecule has 1 fully saturated rings. The Labute approximate surface area is 219 Å². The molecule has 0 radical (unpaired) electrons. The van der Waals surface area contributed by atoms with E-state index in [-0.39, 0.29) is 59.6 Å². The monoisotopic (exact) mass is 526 g/mol. The minimum absolute atomic E-state index is 0.0162. The number of guanidine groups is 1. The third-order valence-corrected chi connectivity index (χ3v) is 7.61. The lowest BCUT2D eigenvalue weighted by Gasteiger charge is -2.46. The highest BCUT2D eigenvalue weighted by Gasteiger charge is 2.60. The highest BCUT2D eigenvalue weighted by Crippen LogP contribution is 2.53. The molecule has 11 heteroatoms. The number of nitrogens with two attached hydrogens (primary N) is 2. The van der Waals surface area contributed by atoms with E-state index in [0.29, 0.717) is 12.1 Å². The van der Waals surface area contributed by atoms with Crippen molar-refractivity contribution in [2.45, 2.75) is 58.5 Å². The van der Waals surface area contributed by atoms with Gasteiger partial charge in [-0.1, -0.05) is 27.7 Å². The number of phenols is 1. The molecule has 1 aromatic rings. The zero-order chi connectivity index (χ0) is 28.3. The van der Waals surface area contributed by atoms with Gasteiger partial charge in [-0.2, -0.15) is 0 Å². The Morgan fingerprint density at radius 2 is 1.82 bits per heavy atom. The Hall–Kier alpha value is -3.86. The van der Waals surface area contributed by atoms with E-state index in [0.717, 1.165) is 5.56 Å². The summed E-state index contributed by atoms with van der Waals surface area (Å²) in [5.74, 6) is -6.36. The van der Waals surface area contributed by atoms with Crippen LogP contribution in [0.4, 0.5) is 5.69 Å². The molecule has 3 atom stereocenters. The van der Waals surface area contributed by atoms with E-state index in [1.807, 2.05) is 27.7 Å². The molecule has 1 aromatic carbocycles. The largest absolute Gasteiger partial charge is 0.508 e. The van der Waals surface area contributed by atoms with E-state index >= 15 is 0 Å². The first-order chi connectivity index (χ1) is 17.7. The summed E-state index contributed by atoms with van der Waals surface area (Å²) in [7, 11) is 0. The van der Waals surface area contributed by atoms with Crippen LogP contribution in [0.25, 0.3) is 5.76 Å². The summed E-state index contributed by atoms with van der Waals surface area (Å²) in [6.45, 7) is 8.31. The molecular formula is C27H34N4O7. The van der Waals surface area contributed by atoms with Crippen molar-refractivity contribution in [3.63, 3.8) is 0 Å². The summed E-state index contributed by atoms with van der Waals surface area (Å²) in [6, 6.07) is 1.73. The lowest BCUT2D eigenvalue weighted by atomic mass is 9.59. The molecule has 3 aliphatic carbocycles. The predicted molar refractivity (Wildman–Crippen MR) is 140 cm³/mol. The van der Waals surface area contributed by atoms with Crippen molar-refractivity contribution in [1.29, 1.82) is 0 Å². The molecule has 4 rings (SSSR count). The van der Waals surface area contributed by atoms with Gasteiger partial charge in [-0.25, -0.2) is 0 Å². The van der Waals surface area contributed by atoms with Crippen molar-refractivity contribution in [2.24, 2.45) is 34.2 Å². The number of ketones is 2. The average Bonchev–Trinajstić information content (AvgIpc) is 2.81. The first-order valence-corrected chi connectivity index (χ1v) is 12.6. The number of benzene rings is 1. The average molecular weight is 527 g/mol.